The highest BCUT2D eigenvalue weighted by molar-refractivity contribution is 9.10. The number of hydrogen-bond acceptors (Lipinski definition) is 5. The molecular formula is C23H18BrClN2O3S. The molecule has 0 amide bonds. The summed E-state index contributed by atoms with van der Waals surface area (Å²) in [4.78, 5) is 6.28. The molecule has 8 heteroatoms. The molecule has 0 aliphatic carbocycles. The number of hydrogen-bond donors (Lipinski definition) is 0. The number of halogens is 2. The van der Waals surface area contributed by atoms with Crippen molar-refractivity contribution in [2.45, 2.75) is 16.5 Å². The molecule has 0 unspecified atom stereocenters. The second-order valence-corrected chi connectivity index (χ2v) is 10.2. The first kappa shape index (κ1) is 21.6. The molecule has 0 aliphatic rings. The van der Waals surface area contributed by atoms with Gasteiger partial charge in [0.15, 0.2) is 0 Å². The summed E-state index contributed by atoms with van der Waals surface area (Å²) in [7, 11) is -2.13. The molecule has 0 aliphatic heterocycles. The quantitative estimate of drug-likeness (QED) is 0.303. The number of anilines is 1. The maximum absolute atomic E-state index is 13.4. The van der Waals surface area contributed by atoms with E-state index in [4.69, 9.17) is 16.0 Å². The van der Waals surface area contributed by atoms with Crippen molar-refractivity contribution in [2.24, 2.45) is 0 Å². The predicted octanol–water partition coefficient (Wildman–Crippen LogP) is 6.23. The van der Waals surface area contributed by atoms with Gasteiger partial charge in [0, 0.05) is 28.7 Å². The van der Waals surface area contributed by atoms with Crippen LogP contribution < -0.4 is 4.90 Å². The van der Waals surface area contributed by atoms with Gasteiger partial charge in [-0.15, -0.1) is 0 Å². The zero-order valence-electron chi connectivity index (χ0n) is 16.5. The van der Waals surface area contributed by atoms with E-state index in [1.165, 1.54) is 12.1 Å². The smallest absolute Gasteiger partial charge is 0.236 e. The second kappa shape index (κ2) is 8.86. The minimum absolute atomic E-state index is 0.127. The highest BCUT2D eigenvalue weighted by Gasteiger charge is 2.30. The summed E-state index contributed by atoms with van der Waals surface area (Å²) in [5.74, 6) is 0.388. The first-order valence-corrected chi connectivity index (χ1v) is 12.0. The van der Waals surface area contributed by atoms with Crippen molar-refractivity contribution in [1.29, 1.82) is 0 Å². The van der Waals surface area contributed by atoms with Gasteiger partial charge < -0.3 is 9.32 Å². The summed E-state index contributed by atoms with van der Waals surface area (Å²) in [5.41, 5.74) is 1.65. The van der Waals surface area contributed by atoms with Crippen LogP contribution in [-0.2, 0) is 16.4 Å². The van der Waals surface area contributed by atoms with E-state index in [1.54, 1.807) is 48.3 Å². The molecule has 0 bridgehead atoms. The topological polar surface area (TPSA) is 63.4 Å². The van der Waals surface area contributed by atoms with E-state index in [-0.39, 0.29) is 21.7 Å². The Kier molecular flexibility index (Phi) is 6.18. The average Bonchev–Trinajstić information content (AvgIpc) is 3.22. The number of oxazole rings is 1. The molecule has 0 saturated heterocycles. The molecule has 4 rings (SSSR count). The zero-order valence-corrected chi connectivity index (χ0v) is 19.7. The fourth-order valence-electron chi connectivity index (χ4n) is 3.08. The second-order valence-electron chi connectivity index (χ2n) is 6.94. The zero-order chi connectivity index (χ0) is 22.0. The van der Waals surface area contributed by atoms with Crippen LogP contribution in [0.4, 0.5) is 5.88 Å². The van der Waals surface area contributed by atoms with E-state index in [0.717, 1.165) is 10.0 Å². The first-order valence-electron chi connectivity index (χ1n) is 9.37. The van der Waals surface area contributed by atoms with E-state index >= 15 is 0 Å². The molecule has 4 aromatic rings. The van der Waals surface area contributed by atoms with Crippen molar-refractivity contribution in [3.8, 4) is 11.5 Å². The van der Waals surface area contributed by atoms with E-state index in [1.807, 2.05) is 30.3 Å². The van der Waals surface area contributed by atoms with Gasteiger partial charge in [0.05, 0.1) is 4.90 Å². The van der Waals surface area contributed by atoms with Crippen molar-refractivity contribution in [2.75, 3.05) is 11.9 Å². The molecule has 0 spiro atoms. The molecule has 31 heavy (non-hydrogen) atoms. The van der Waals surface area contributed by atoms with E-state index < -0.39 is 9.84 Å². The van der Waals surface area contributed by atoms with Gasteiger partial charge in [-0.3, -0.25) is 0 Å². The largest absolute Gasteiger partial charge is 0.419 e. The van der Waals surface area contributed by atoms with Gasteiger partial charge >= 0.3 is 0 Å². The fraction of sp³-hybridized carbons (Fsp3) is 0.0870. The molecule has 0 saturated carbocycles. The van der Waals surface area contributed by atoms with Crippen LogP contribution in [-0.4, -0.2) is 20.4 Å². The first-order chi connectivity index (χ1) is 14.8. The number of rotatable bonds is 6. The van der Waals surface area contributed by atoms with Crippen molar-refractivity contribution in [3.05, 3.63) is 93.9 Å². The van der Waals surface area contributed by atoms with Gasteiger partial charge in [0.2, 0.25) is 26.6 Å². The van der Waals surface area contributed by atoms with Gasteiger partial charge in [-0.25, -0.2) is 8.42 Å². The molecule has 0 N–H and O–H groups in total. The van der Waals surface area contributed by atoms with E-state index in [2.05, 4.69) is 20.9 Å². The fourth-order valence-corrected chi connectivity index (χ4v) is 4.82. The predicted molar refractivity (Wildman–Crippen MR) is 125 cm³/mol. The summed E-state index contributed by atoms with van der Waals surface area (Å²) in [6.07, 6.45) is 0. The van der Waals surface area contributed by atoms with Crippen LogP contribution >= 0.6 is 27.5 Å². The molecule has 0 fully saturated rings. The Bertz CT molecular complexity index is 1290. The van der Waals surface area contributed by atoms with Crippen LogP contribution in [0.25, 0.3) is 11.5 Å². The molecule has 0 atom stereocenters. The Morgan fingerprint density at radius 3 is 2.26 bits per heavy atom. The lowest BCUT2D eigenvalue weighted by Crippen LogP contribution is -2.18. The molecule has 0 radical (unpaired) electrons. The molecule has 3 aromatic carbocycles. The highest BCUT2D eigenvalue weighted by Crippen LogP contribution is 2.35. The SMILES string of the molecule is CN(Cc1ccccc1)c1oc(-c2ccc(Cl)cc2)nc1S(=O)(=O)c1ccc(Br)cc1. The summed E-state index contributed by atoms with van der Waals surface area (Å²) >= 11 is 9.32. The molecule has 1 aromatic heterocycles. The van der Waals surface area contributed by atoms with Crippen LogP contribution in [0.15, 0.2) is 97.7 Å². The van der Waals surface area contributed by atoms with Crippen molar-refractivity contribution < 1.29 is 12.8 Å². The number of sulfone groups is 1. The Hall–Kier alpha value is -2.61. The lowest BCUT2D eigenvalue weighted by atomic mass is 10.2. The van der Waals surface area contributed by atoms with Gasteiger partial charge in [0.25, 0.3) is 0 Å². The third kappa shape index (κ3) is 4.69. The third-order valence-electron chi connectivity index (χ3n) is 4.66. The molecule has 5 nitrogen and oxygen atoms in total. The Labute approximate surface area is 194 Å². The van der Waals surface area contributed by atoms with Crippen LogP contribution in [0.2, 0.25) is 5.02 Å². The van der Waals surface area contributed by atoms with Crippen molar-refractivity contribution >= 4 is 43.3 Å². The lowest BCUT2D eigenvalue weighted by molar-refractivity contribution is 0.554. The van der Waals surface area contributed by atoms with E-state index in [9.17, 15) is 8.42 Å². The van der Waals surface area contributed by atoms with Crippen LogP contribution in [0, 0.1) is 0 Å². The van der Waals surface area contributed by atoms with Gasteiger partial charge in [0.1, 0.15) is 0 Å². The van der Waals surface area contributed by atoms with Crippen LogP contribution in [0.1, 0.15) is 5.56 Å². The lowest BCUT2D eigenvalue weighted by Gasteiger charge is -2.17. The average molecular weight is 518 g/mol. The molecule has 1 heterocycles. The summed E-state index contributed by atoms with van der Waals surface area (Å²) in [6.45, 7) is 0.457. The number of nitrogens with zero attached hydrogens (tertiary/aromatic N) is 2. The Morgan fingerprint density at radius 2 is 1.61 bits per heavy atom. The maximum Gasteiger partial charge on any atom is 0.236 e. The summed E-state index contributed by atoms with van der Waals surface area (Å²) in [6, 6.07) is 23.1. The maximum atomic E-state index is 13.4. The Morgan fingerprint density at radius 1 is 0.968 bits per heavy atom. The summed E-state index contributed by atoms with van der Waals surface area (Å²) < 4.78 is 33.6. The minimum Gasteiger partial charge on any atom is -0.419 e. The number of aromatic nitrogens is 1. The molecule has 158 valence electrons. The van der Waals surface area contributed by atoms with Gasteiger partial charge in [-0.05, 0) is 54.1 Å². The monoisotopic (exact) mass is 516 g/mol. The third-order valence-corrected chi connectivity index (χ3v) is 7.11. The molecular weight excluding hydrogens is 500 g/mol. The van der Waals surface area contributed by atoms with Crippen molar-refractivity contribution in [3.63, 3.8) is 0 Å². The standard InChI is InChI=1S/C23H18BrClN2O3S/c1-27(15-16-5-3-2-4-6-16)23-22(31(28,29)20-13-9-18(24)10-14-20)26-21(30-23)17-7-11-19(25)12-8-17/h2-14H,15H2,1H3. The Balaban J connectivity index is 1.81. The van der Waals surface area contributed by atoms with E-state index in [0.29, 0.717) is 17.1 Å². The van der Waals surface area contributed by atoms with Crippen LogP contribution in [0.5, 0.6) is 0 Å². The van der Waals surface area contributed by atoms with Gasteiger partial charge in [-0.1, -0.05) is 57.9 Å². The minimum atomic E-state index is -3.91. The van der Waals surface area contributed by atoms with Gasteiger partial charge in [-0.2, -0.15) is 4.98 Å². The van der Waals surface area contributed by atoms with Crippen LogP contribution in [0.3, 0.4) is 0 Å². The number of benzene rings is 3. The normalized spacial score (nSPS) is 11.5. The summed E-state index contributed by atoms with van der Waals surface area (Å²) in [5, 5.41) is 0.442. The highest BCUT2D eigenvalue weighted by atomic mass is 79.9. The van der Waals surface area contributed by atoms with Crippen molar-refractivity contribution in [1.82, 2.24) is 4.98 Å².